The van der Waals surface area contributed by atoms with Crippen molar-refractivity contribution in [1.29, 1.82) is 0 Å². The Morgan fingerprint density at radius 3 is 2.75 bits per heavy atom. The Balaban J connectivity index is 0.00000264. The van der Waals surface area contributed by atoms with E-state index in [9.17, 15) is 4.79 Å². The molecule has 0 spiro atoms. The van der Waals surface area contributed by atoms with Crippen molar-refractivity contribution in [1.82, 2.24) is 14.9 Å². The van der Waals surface area contributed by atoms with Gasteiger partial charge in [-0.1, -0.05) is 6.07 Å². The fourth-order valence-corrected chi connectivity index (χ4v) is 2.45. The predicted molar refractivity (Wildman–Crippen MR) is 101 cm³/mol. The van der Waals surface area contributed by atoms with Gasteiger partial charge in [0.15, 0.2) is 0 Å². The minimum absolute atomic E-state index is 0. The van der Waals surface area contributed by atoms with Gasteiger partial charge < -0.3 is 20.4 Å². The molecule has 0 bridgehead atoms. The third-order valence-electron chi connectivity index (χ3n) is 3.66. The number of hydrogen-bond donors (Lipinski definition) is 2. The molecule has 2 rings (SSSR count). The number of benzene rings is 1. The third-order valence-corrected chi connectivity index (χ3v) is 3.66. The van der Waals surface area contributed by atoms with Crippen LogP contribution in [0.3, 0.4) is 0 Å². The number of halogens is 2. The van der Waals surface area contributed by atoms with Gasteiger partial charge in [0, 0.05) is 26.6 Å². The van der Waals surface area contributed by atoms with E-state index in [0.717, 1.165) is 16.9 Å². The first-order valence-corrected chi connectivity index (χ1v) is 7.53. The van der Waals surface area contributed by atoms with Gasteiger partial charge >= 0.3 is 0 Å². The molecule has 0 saturated carbocycles. The number of aromatic amines is 1. The number of aromatic nitrogens is 2. The summed E-state index contributed by atoms with van der Waals surface area (Å²) in [5, 5.41) is 0. The van der Waals surface area contributed by atoms with Crippen molar-refractivity contribution in [3.05, 3.63) is 29.6 Å². The first-order valence-electron chi connectivity index (χ1n) is 7.53. The predicted octanol–water partition coefficient (Wildman–Crippen LogP) is 2.08. The highest BCUT2D eigenvalue weighted by molar-refractivity contribution is 5.85. The second-order valence-corrected chi connectivity index (χ2v) is 5.43. The quantitative estimate of drug-likeness (QED) is 0.774. The second kappa shape index (κ2) is 10.5. The van der Waals surface area contributed by atoms with Crippen molar-refractivity contribution in [3.8, 4) is 0 Å². The van der Waals surface area contributed by atoms with Crippen LogP contribution >= 0.6 is 24.8 Å². The highest BCUT2D eigenvalue weighted by atomic mass is 35.5. The summed E-state index contributed by atoms with van der Waals surface area (Å²) in [5.74, 6) is 0.795. The normalized spacial score (nSPS) is 11.5. The summed E-state index contributed by atoms with van der Waals surface area (Å²) in [7, 11) is 1.54. The van der Waals surface area contributed by atoms with E-state index < -0.39 is 6.04 Å². The number of ether oxygens (including phenoxy) is 1. The van der Waals surface area contributed by atoms with Crippen molar-refractivity contribution >= 4 is 41.8 Å². The smallest absolute Gasteiger partial charge is 0.241 e. The highest BCUT2D eigenvalue weighted by Gasteiger charge is 2.19. The van der Waals surface area contributed by atoms with E-state index >= 15 is 0 Å². The Kier molecular flexibility index (Phi) is 9.92. The van der Waals surface area contributed by atoms with Crippen LogP contribution in [0.1, 0.15) is 18.3 Å². The van der Waals surface area contributed by atoms with E-state index in [1.54, 1.807) is 12.0 Å². The Labute approximate surface area is 155 Å². The largest absolute Gasteiger partial charge is 0.383 e. The summed E-state index contributed by atoms with van der Waals surface area (Å²) >= 11 is 0. The molecule has 6 nitrogen and oxygen atoms in total. The minimum atomic E-state index is -0.608. The molecule has 0 unspecified atom stereocenters. The Morgan fingerprint density at radius 2 is 2.12 bits per heavy atom. The summed E-state index contributed by atoms with van der Waals surface area (Å²) in [5.41, 5.74) is 8.98. The molecule has 0 aliphatic carbocycles. The molecule has 1 atom stereocenters. The first-order chi connectivity index (χ1) is 10.5. The molecule has 8 heteroatoms. The van der Waals surface area contributed by atoms with Crippen LogP contribution in [0.15, 0.2) is 18.2 Å². The number of hydrogen-bond acceptors (Lipinski definition) is 4. The molecule has 0 radical (unpaired) electrons. The van der Waals surface area contributed by atoms with E-state index in [4.69, 9.17) is 10.5 Å². The molecular formula is C16H26Cl2N4O2. The van der Waals surface area contributed by atoms with Crippen LogP contribution < -0.4 is 5.73 Å². The Morgan fingerprint density at radius 1 is 1.42 bits per heavy atom. The van der Waals surface area contributed by atoms with Crippen molar-refractivity contribution in [2.24, 2.45) is 5.73 Å². The van der Waals surface area contributed by atoms with E-state index in [0.29, 0.717) is 19.5 Å². The summed E-state index contributed by atoms with van der Waals surface area (Å²) in [6, 6.07) is 5.51. The lowest BCUT2D eigenvalue weighted by Gasteiger charge is -2.23. The van der Waals surface area contributed by atoms with Gasteiger partial charge in [0.1, 0.15) is 11.9 Å². The number of aryl methyl sites for hydroxylation is 1. The number of imidazole rings is 1. The molecule has 1 amide bonds. The molecule has 1 aromatic carbocycles. The minimum Gasteiger partial charge on any atom is -0.383 e. The Hall–Kier alpha value is -1.34. The van der Waals surface area contributed by atoms with E-state index in [1.807, 2.05) is 19.1 Å². The number of fused-ring (bicyclic) bond motifs is 1. The summed E-state index contributed by atoms with van der Waals surface area (Å²) in [6.07, 6.45) is 0.674. The van der Waals surface area contributed by atoms with Gasteiger partial charge in [0.25, 0.3) is 0 Å². The van der Waals surface area contributed by atoms with Crippen LogP contribution in [0.2, 0.25) is 0 Å². The van der Waals surface area contributed by atoms with E-state index in [1.165, 1.54) is 5.56 Å². The molecule has 1 aromatic heterocycles. The average molecular weight is 377 g/mol. The molecule has 1 heterocycles. The number of nitrogens with two attached hydrogens (primary N) is 1. The van der Waals surface area contributed by atoms with Crippen LogP contribution in [-0.4, -0.2) is 53.6 Å². The maximum Gasteiger partial charge on any atom is 0.241 e. The number of H-pyrrole nitrogens is 1. The summed E-state index contributed by atoms with van der Waals surface area (Å²) < 4.78 is 4.94. The second-order valence-electron chi connectivity index (χ2n) is 5.43. The zero-order valence-electron chi connectivity index (χ0n) is 14.2. The van der Waals surface area contributed by atoms with Gasteiger partial charge in [-0.05, 0) is 31.5 Å². The molecule has 3 N–H and O–H groups in total. The number of carbonyl (C=O) groups excluding carboxylic acids is 1. The van der Waals surface area contributed by atoms with Gasteiger partial charge in [0.05, 0.1) is 17.6 Å². The van der Waals surface area contributed by atoms with Gasteiger partial charge in [-0.25, -0.2) is 4.98 Å². The lowest BCUT2D eigenvalue weighted by molar-refractivity contribution is -0.133. The zero-order chi connectivity index (χ0) is 16.1. The van der Waals surface area contributed by atoms with Crippen molar-refractivity contribution < 1.29 is 9.53 Å². The molecule has 136 valence electrons. The molecule has 0 aliphatic heterocycles. The average Bonchev–Trinajstić information content (AvgIpc) is 2.89. The summed E-state index contributed by atoms with van der Waals surface area (Å²) in [4.78, 5) is 21.8. The van der Waals surface area contributed by atoms with Gasteiger partial charge in [0.2, 0.25) is 5.91 Å². The zero-order valence-corrected chi connectivity index (χ0v) is 15.9. The molecule has 0 fully saturated rings. The lowest BCUT2D eigenvalue weighted by Crippen LogP contribution is -2.46. The van der Waals surface area contributed by atoms with E-state index in [2.05, 4.69) is 23.0 Å². The van der Waals surface area contributed by atoms with Crippen LogP contribution in [0.5, 0.6) is 0 Å². The fraction of sp³-hybridized carbons (Fsp3) is 0.500. The highest BCUT2D eigenvalue weighted by Crippen LogP contribution is 2.13. The van der Waals surface area contributed by atoms with Crippen molar-refractivity contribution in [2.45, 2.75) is 26.3 Å². The van der Waals surface area contributed by atoms with Crippen molar-refractivity contribution in [2.75, 3.05) is 26.8 Å². The van der Waals surface area contributed by atoms with Gasteiger partial charge in [-0.2, -0.15) is 0 Å². The fourth-order valence-electron chi connectivity index (χ4n) is 2.45. The van der Waals surface area contributed by atoms with Crippen LogP contribution in [0, 0.1) is 6.92 Å². The number of nitrogens with zero attached hydrogens (tertiary/aromatic N) is 2. The standard InChI is InChI=1S/C16H24N4O2.2ClH/c1-4-20(16(21)12(17)10-22-3)8-7-15-18-13-6-5-11(2)9-14(13)19-15;;/h5-6,9,12H,4,7-8,10,17H2,1-3H3,(H,18,19);2*1H/t12-;;/m0../s1. The van der Waals surface area contributed by atoms with Crippen LogP contribution in [-0.2, 0) is 16.0 Å². The molecule has 0 saturated heterocycles. The van der Waals surface area contributed by atoms with Crippen LogP contribution in [0.25, 0.3) is 11.0 Å². The van der Waals surface area contributed by atoms with E-state index in [-0.39, 0.29) is 37.3 Å². The number of nitrogens with one attached hydrogen (secondary N) is 1. The SMILES string of the molecule is CCN(CCc1nc2ccc(C)cc2[nH]1)C(=O)[C@@H](N)COC.Cl.Cl. The third kappa shape index (κ3) is 5.63. The molecule has 24 heavy (non-hydrogen) atoms. The van der Waals surface area contributed by atoms with Gasteiger partial charge in [-0.3, -0.25) is 4.79 Å². The number of carbonyl (C=O) groups is 1. The lowest BCUT2D eigenvalue weighted by atomic mass is 10.2. The van der Waals surface area contributed by atoms with Crippen LogP contribution in [0.4, 0.5) is 0 Å². The molecule has 0 aliphatic rings. The topological polar surface area (TPSA) is 84.2 Å². The number of methoxy groups -OCH3 is 1. The van der Waals surface area contributed by atoms with Gasteiger partial charge in [-0.15, -0.1) is 24.8 Å². The van der Waals surface area contributed by atoms with Crippen molar-refractivity contribution in [3.63, 3.8) is 0 Å². The number of amides is 1. The Bertz CT molecular complexity index is 648. The monoisotopic (exact) mass is 376 g/mol. The summed E-state index contributed by atoms with van der Waals surface area (Å²) in [6.45, 7) is 5.44. The maximum absolute atomic E-state index is 12.2. The maximum atomic E-state index is 12.2. The number of rotatable bonds is 7. The molecular weight excluding hydrogens is 351 g/mol. The number of likely N-dealkylation sites (N-methyl/N-ethyl adjacent to an activating group) is 1. The molecule has 2 aromatic rings. The first kappa shape index (κ1) is 22.7.